The number of unbranched alkanes of at least 4 members (excludes halogenated alkanes) is 2. The van der Waals surface area contributed by atoms with Crippen molar-refractivity contribution in [2.75, 3.05) is 38.0 Å². The number of nitrogens with one attached hydrogen (secondary N) is 1. The van der Waals surface area contributed by atoms with Crippen LogP contribution in [-0.2, 0) is 0 Å². The van der Waals surface area contributed by atoms with E-state index in [0.29, 0.717) is 5.88 Å². The van der Waals surface area contributed by atoms with E-state index in [9.17, 15) is 0 Å². The molecule has 1 heterocycles. The fraction of sp³-hybridized carbons (Fsp3) is 0.615. The third kappa shape index (κ3) is 3.80. The molecule has 4 heteroatoms. The lowest BCUT2D eigenvalue weighted by Gasteiger charge is -2.19. The third-order valence-corrected chi connectivity index (χ3v) is 2.65. The van der Waals surface area contributed by atoms with Crippen LogP contribution in [0.5, 0.6) is 5.88 Å². The number of rotatable bonds is 7. The number of anilines is 2. The molecule has 0 aliphatic rings. The summed E-state index contributed by atoms with van der Waals surface area (Å²) in [5.74, 6) is 0.660. The fourth-order valence-corrected chi connectivity index (χ4v) is 1.72. The summed E-state index contributed by atoms with van der Waals surface area (Å²) in [4.78, 5) is 6.29. The predicted octanol–water partition coefficient (Wildman–Crippen LogP) is 2.76. The number of pyridine rings is 1. The Kier molecular flexibility index (Phi) is 5.60. The van der Waals surface area contributed by atoms with Gasteiger partial charge in [0, 0.05) is 26.8 Å². The van der Waals surface area contributed by atoms with E-state index in [2.05, 4.69) is 22.1 Å². The molecule has 0 aliphatic carbocycles. The van der Waals surface area contributed by atoms with Gasteiger partial charge in [-0.05, 0) is 12.5 Å². The van der Waals surface area contributed by atoms with Crippen molar-refractivity contribution in [2.45, 2.75) is 26.2 Å². The summed E-state index contributed by atoms with van der Waals surface area (Å²) in [6.45, 7) is 3.16. The molecule has 0 saturated heterocycles. The van der Waals surface area contributed by atoms with Crippen LogP contribution in [0.3, 0.4) is 0 Å². The first kappa shape index (κ1) is 13.6. The van der Waals surface area contributed by atoms with Crippen LogP contribution in [-0.4, -0.2) is 32.7 Å². The zero-order valence-electron chi connectivity index (χ0n) is 11.3. The Balaban J connectivity index is 2.78. The molecule has 0 radical (unpaired) electrons. The minimum atomic E-state index is 0.660. The summed E-state index contributed by atoms with van der Waals surface area (Å²) in [7, 11) is 5.69. The predicted molar refractivity (Wildman–Crippen MR) is 73.1 cm³/mol. The molecule has 96 valence electrons. The standard InChI is InChI=1S/C13H23N3O/c1-5-6-7-9-14-12-11(16(2)3)8-10-15-13(12)17-4/h8,10,14H,5-7,9H2,1-4H3. The maximum atomic E-state index is 5.29. The van der Waals surface area contributed by atoms with Gasteiger partial charge in [0.15, 0.2) is 0 Å². The van der Waals surface area contributed by atoms with E-state index in [1.807, 2.05) is 20.2 Å². The van der Waals surface area contributed by atoms with Crippen LogP contribution in [0.25, 0.3) is 0 Å². The monoisotopic (exact) mass is 237 g/mol. The zero-order chi connectivity index (χ0) is 12.7. The first-order valence-corrected chi connectivity index (χ1v) is 6.14. The summed E-state index contributed by atoms with van der Waals surface area (Å²) in [6, 6.07) is 1.99. The van der Waals surface area contributed by atoms with Crippen LogP contribution in [0.1, 0.15) is 26.2 Å². The van der Waals surface area contributed by atoms with E-state index in [0.717, 1.165) is 17.9 Å². The van der Waals surface area contributed by atoms with Gasteiger partial charge < -0.3 is 15.0 Å². The second-order valence-corrected chi connectivity index (χ2v) is 4.24. The molecular formula is C13H23N3O. The van der Waals surface area contributed by atoms with Crippen LogP contribution in [0.4, 0.5) is 11.4 Å². The molecule has 1 aromatic rings. The molecule has 0 amide bonds. The Labute approximate surface area is 104 Å². The second kappa shape index (κ2) is 6.99. The fourth-order valence-electron chi connectivity index (χ4n) is 1.72. The van der Waals surface area contributed by atoms with E-state index in [4.69, 9.17) is 4.74 Å². The molecule has 0 aliphatic heterocycles. The Morgan fingerprint density at radius 3 is 2.71 bits per heavy atom. The van der Waals surface area contributed by atoms with E-state index in [1.165, 1.54) is 19.3 Å². The molecule has 1 rings (SSSR count). The van der Waals surface area contributed by atoms with E-state index >= 15 is 0 Å². The van der Waals surface area contributed by atoms with Crippen molar-refractivity contribution in [3.63, 3.8) is 0 Å². The Hall–Kier alpha value is -1.45. The van der Waals surface area contributed by atoms with Gasteiger partial charge in [-0.15, -0.1) is 0 Å². The van der Waals surface area contributed by atoms with Gasteiger partial charge in [0.2, 0.25) is 5.88 Å². The maximum absolute atomic E-state index is 5.29. The largest absolute Gasteiger partial charge is 0.479 e. The van der Waals surface area contributed by atoms with Gasteiger partial charge >= 0.3 is 0 Å². The number of hydrogen-bond acceptors (Lipinski definition) is 4. The second-order valence-electron chi connectivity index (χ2n) is 4.24. The number of hydrogen-bond donors (Lipinski definition) is 1. The number of nitrogens with zero attached hydrogens (tertiary/aromatic N) is 2. The smallest absolute Gasteiger partial charge is 0.239 e. The Bertz CT molecular complexity index is 339. The van der Waals surface area contributed by atoms with E-state index in [1.54, 1.807) is 13.3 Å². The highest BCUT2D eigenvalue weighted by Gasteiger charge is 2.11. The topological polar surface area (TPSA) is 37.4 Å². The molecule has 0 atom stereocenters. The molecule has 1 N–H and O–H groups in total. The maximum Gasteiger partial charge on any atom is 0.239 e. The summed E-state index contributed by atoms with van der Waals surface area (Å²) in [5.41, 5.74) is 2.09. The number of methoxy groups -OCH3 is 1. The van der Waals surface area contributed by atoms with Crippen molar-refractivity contribution in [1.29, 1.82) is 0 Å². The molecule has 0 saturated carbocycles. The SMILES string of the molecule is CCCCCNc1c(N(C)C)ccnc1OC. The van der Waals surface area contributed by atoms with Gasteiger partial charge in [-0.25, -0.2) is 4.98 Å². The lowest BCUT2D eigenvalue weighted by atomic mass is 10.2. The highest BCUT2D eigenvalue weighted by Crippen LogP contribution is 2.31. The van der Waals surface area contributed by atoms with Crippen molar-refractivity contribution in [3.8, 4) is 5.88 Å². The molecule has 17 heavy (non-hydrogen) atoms. The van der Waals surface area contributed by atoms with Crippen LogP contribution >= 0.6 is 0 Å². The van der Waals surface area contributed by atoms with Gasteiger partial charge in [0.25, 0.3) is 0 Å². The van der Waals surface area contributed by atoms with Crippen LogP contribution in [0, 0.1) is 0 Å². The normalized spacial score (nSPS) is 10.1. The first-order valence-electron chi connectivity index (χ1n) is 6.14. The number of aromatic nitrogens is 1. The van der Waals surface area contributed by atoms with Crippen LogP contribution in [0.2, 0.25) is 0 Å². The lowest BCUT2D eigenvalue weighted by Crippen LogP contribution is -2.14. The van der Waals surface area contributed by atoms with Gasteiger partial charge in [0.1, 0.15) is 5.69 Å². The van der Waals surface area contributed by atoms with Crippen molar-refractivity contribution in [1.82, 2.24) is 4.98 Å². The summed E-state index contributed by atoms with van der Waals surface area (Å²) >= 11 is 0. The molecule has 0 aromatic carbocycles. The van der Waals surface area contributed by atoms with Crippen molar-refractivity contribution >= 4 is 11.4 Å². The summed E-state index contributed by atoms with van der Waals surface area (Å²) in [6.07, 6.45) is 5.41. The minimum Gasteiger partial charge on any atom is -0.479 e. The summed E-state index contributed by atoms with van der Waals surface area (Å²) in [5, 5.41) is 3.42. The minimum absolute atomic E-state index is 0.660. The van der Waals surface area contributed by atoms with Gasteiger partial charge in [-0.2, -0.15) is 0 Å². The average molecular weight is 237 g/mol. The molecule has 0 fully saturated rings. The summed E-state index contributed by atoms with van der Waals surface area (Å²) < 4.78 is 5.29. The van der Waals surface area contributed by atoms with Crippen molar-refractivity contribution in [3.05, 3.63) is 12.3 Å². The van der Waals surface area contributed by atoms with Gasteiger partial charge in [-0.3, -0.25) is 0 Å². The van der Waals surface area contributed by atoms with Crippen molar-refractivity contribution < 1.29 is 4.74 Å². The van der Waals surface area contributed by atoms with E-state index < -0.39 is 0 Å². The third-order valence-electron chi connectivity index (χ3n) is 2.65. The molecule has 0 spiro atoms. The van der Waals surface area contributed by atoms with Crippen molar-refractivity contribution in [2.24, 2.45) is 0 Å². The molecular weight excluding hydrogens is 214 g/mol. The zero-order valence-corrected chi connectivity index (χ0v) is 11.3. The highest BCUT2D eigenvalue weighted by molar-refractivity contribution is 5.74. The molecule has 0 bridgehead atoms. The molecule has 0 unspecified atom stereocenters. The van der Waals surface area contributed by atoms with Crippen LogP contribution < -0.4 is 15.0 Å². The average Bonchev–Trinajstić information content (AvgIpc) is 2.34. The molecule has 1 aromatic heterocycles. The lowest BCUT2D eigenvalue weighted by molar-refractivity contribution is 0.399. The Morgan fingerprint density at radius 1 is 1.35 bits per heavy atom. The molecule has 4 nitrogen and oxygen atoms in total. The van der Waals surface area contributed by atoms with Gasteiger partial charge in [0.05, 0.1) is 12.8 Å². The quantitative estimate of drug-likeness (QED) is 0.740. The number of ether oxygens (including phenoxy) is 1. The van der Waals surface area contributed by atoms with Crippen LogP contribution in [0.15, 0.2) is 12.3 Å². The highest BCUT2D eigenvalue weighted by atomic mass is 16.5. The van der Waals surface area contributed by atoms with E-state index in [-0.39, 0.29) is 0 Å². The first-order chi connectivity index (χ1) is 8.20. The van der Waals surface area contributed by atoms with Gasteiger partial charge in [-0.1, -0.05) is 19.8 Å². The Morgan fingerprint density at radius 2 is 2.12 bits per heavy atom.